The zero-order valence-electron chi connectivity index (χ0n) is 17.0. The third-order valence-corrected chi connectivity index (χ3v) is 4.87. The Hall–Kier alpha value is -2.80. The molecule has 1 aromatic rings. The Morgan fingerprint density at radius 3 is 2.67 bits per heavy atom. The molecule has 1 unspecified atom stereocenters. The number of anilines is 1. The Morgan fingerprint density at radius 2 is 2.07 bits per heavy atom. The molecule has 164 valence electrons. The van der Waals surface area contributed by atoms with E-state index < -0.39 is 29.3 Å². The SMILES string of the molecule is CCCC(=O)N1CCN(c2ccc(C#N)c(C(F)(F)F)c2)C(C(=O)NCCOC)C1. The number of carbonyl (C=O) groups excluding carboxylic acids is 2. The minimum atomic E-state index is -4.70. The van der Waals surface area contributed by atoms with E-state index in [0.717, 1.165) is 12.1 Å². The first kappa shape index (κ1) is 23.5. The molecule has 10 heteroatoms. The van der Waals surface area contributed by atoms with Crippen LogP contribution < -0.4 is 10.2 Å². The van der Waals surface area contributed by atoms with Crippen molar-refractivity contribution < 1.29 is 27.5 Å². The van der Waals surface area contributed by atoms with Gasteiger partial charge >= 0.3 is 6.18 Å². The number of methoxy groups -OCH3 is 1. The van der Waals surface area contributed by atoms with E-state index in [4.69, 9.17) is 10.00 Å². The van der Waals surface area contributed by atoms with Gasteiger partial charge in [0.15, 0.2) is 0 Å². The van der Waals surface area contributed by atoms with Crippen molar-refractivity contribution >= 4 is 17.5 Å². The molecule has 0 saturated carbocycles. The normalized spacial score (nSPS) is 16.9. The quantitative estimate of drug-likeness (QED) is 0.676. The fourth-order valence-corrected chi connectivity index (χ4v) is 3.35. The molecule has 0 radical (unpaired) electrons. The summed E-state index contributed by atoms with van der Waals surface area (Å²) in [4.78, 5) is 28.2. The summed E-state index contributed by atoms with van der Waals surface area (Å²) < 4.78 is 45.1. The molecule has 2 rings (SSSR count). The van der Waals surface area contributed by atoms with E-state index in [1.807, 2.05) is 6.92 Å². The van der Waals surface area contributed by atoms with Crippen LogP contribution in [0.2, 0.25) is 0 Å². The van der Waals surface area contributed by atoms with Crippen LogP contribution in [-0.2, 0) is 20.5 Å². The standard InChI is InChI=1S/C20H25F3N4O3/c1-3-4-18(28)26-8-9-27(17(13-26)19(29)25-7-10-30-2)15-6-5-14(12-24)16(11-15)20(21,22)23/h5-6,11,17H,3-4,7-10,13H2,1-2H3,(H,25,29). The van der Waals surface area contributed by atoms with Crippen LogP contribution in [0.4, 0.5) is 18.9 Å². The molecule has 1 aliphatic rings. The molecule has 1 N–H and O–H groups in total. The van der Waals surface area contributed by atoms with E-state index in [0.29, 0.717) is 19.4 Å². The summed E-state index contributed by atoms with van der Waals surface area (Å²) in [6.45, 7) is 2.95. The van der Waals surface area contributed by atoms with Crippen molar-refractivity contribution in [3.8, 4) is 6.07 Å². The van der Waals surface area contributed by atoms with Gasteiger partial charge in [-0.05, 0) is 24.6 Å². The molecule has 2 amide bonds. The number of piperazine rings is 1. The first-order valence-electron chi connectivity index (χ1n) is 9.65. The van der Waals surface area contributed by atoms with Crippen molar-refractivity contribution in [1.82, 2.24) is 10.2 Å². The molecular formula is C20H25F3N4O3. The molecule has 0 bridgehead atoms. The topological polar surface area (TPSA) is 85.7 Å². The highest BCUT2D eigenvalue weighted by Crippen LogP contribution is 2.35. The van der Waals surface area contributed by atoms with E-state index in [-0.39, 0.29) is 37.8 Å². The molecule has 1 saturated heterocycles. The maximum Gasteiger partial charge on any atom is 0.417 e. The molecule has 1 atom stereocenters. The highest BCUT2D eigenvalue weighted by Gasteiger charge is 2.37. The van der Waals surface area contributed by atoms with Gasteiger partial charge in [0.1, 0.15) is 6.04 Å². The largest absolute Gasteiger partial charge is 0.417 e. The van der Waals surface area contributed by atoms with Crippen molar-refractivity contribution in [3.63, 3.8) is 0 Å². The number of nitriles is 1. The second-order valence-electron chi connectivity index (χ2n) is 6.92. The molecule has 1 fully saturated rings. The number of ether oxygens (including phenoxy) is 1. The fraction of sp³-hybridized carbons (Fsp3) is 0.550. The average molecular weight is 426 g/mol. The van der Waals surface area contributed by atoms with Gasteiger partial charge in [-0.3, -0.25) is 9.59 Å². The lowest BCUT2D eigenvalue weighted by atomic mass is 10.0. The number of hydrogen-bond donors (Lipinski definition) is 1. The van der Waals surface area contributed by atoms with Crippen molar-refractivity contribution in [2.75, 3.05) is 44.8 Å². The van der Waals surface area contributed by atoms with Gasteiger partial charge in [-0.1, -0.05) is 6.92 Å². The smallest absolute Gasteiger partial charge is 0.383 e. The number of nitrogens with zero attached hydrogens (tertiary/aromatic N) is 3. The molecule has 0 aliphatic carbocycles. The number of hydrogen-bond acceptors (Lipinski definition) is 5. The lowest BCUT2D eigenvalue weighted by Crippen LogP contribution is -2.60. The van der Waals surface area contributed by atoms with Crippen molar-refractivity contribution in [3.05, 3.63) is 29.3 Å². The van der Waals surface area contributed by atoms with E-state index in [9.17, 15) is 22.8 Å². The monoisotopic (exact) mass is 426 g/mol. The molecule has 1 aliphatic heterocycles. The maximum atomic E-state index is 13.4. The van der Waals surface area contributed by atoms with Gasteiger partial charge in [0, 0.05) is 38.9 Å². The second-order valence-corrected chi connectivity index (χ2v) is 6.92. The molecule has 30 heavy (non-hydrogen) atoms. The minimum absolute atomic E-state index is 0.0685. The third kappa shape index (κ3) is 5.63. The Morgan fingerprint density at radius 1 is 1.33 bits per heavy atom. The number of rotatable bonds is 7. The number of benzene rings is 1. The van der Waals surface area contributed by atoms with Gasteiger partial charge < -0.3 is 19.9 Å². The third-order valence-electron chi connectivity index (χ3n) is 4.87. The van der Waals surface area contributed by atoms with Crippen LogP contribution in [0.15, 0.2) is 18.2 Å². The lowest BCUT2D eigenvalue weighted by Gasteiger charge is -2.42. The van der Waals surface area contributed by atoms with Crippen molar-refractivity contribution in [1.29, 1.82) is 5.26 Å². The van der Waals surface area contributed by atoms with E-state index >= 15 is 0 Å². The Kier molecular flexibility index (Phi) is 8.06. The molecule has 1 aromatic carbocycles. The first-order chi connectivity index (χ1) is 14.2. The lowest BCUT2D eigenvalue weighted by molar-refractivity contribution is -0.137. The molecule has 7 nitrogen and oxygen atoms in total. The zero-order valence-corrected chi connectivity index (χ0v) is 17.0. The van der Waals surface area contributed by atoms with Gasteiger partial charge in [-0.2, -0.15) is 18.4 Å². The van der Waals surface area contributed by atoms with Gasteiger partial charge in [-0.25, -0.2) is 0 Å². The summed E-state index contributed by atoms with van der Waals surface area (Å²) in [6, 6.07) is 4.08. The predicted molar refractivity (Wildman–Crippen MR) is 104 cm³/mol. The van der Waals surface area contributed by atoms with Crippen LogP contribution in [0.5, 0.6) is 0 Å². The summed E-state index contributed by atoms with van der Waals surface area (Å²) in [6.07, 6.45) is -3.70. The molecule has 0 spiro atoms. The fourth-order valence-electron chi connectivity index (χ4n) is 3.35. The summed E-state index contributed by atoms with van der Waals surface area (Å²) >= 11 is 0. The van der Waals surface area contributed by atoms with Gasteiger partial charge in [0.2, 0.25) is 11.8 Å². The maximum absolute atomic E-state index is 13.4. The van der Waals surface area contributed by atoms with Crippen LogP contribution in [0.1, 0.15) is 30.9 Å². The summed E-state index contributed by atoms with van der Waals surface area (Å²) in [5.74, 6) is -0.499. The van der Waals surface area contributed by atoms with Crippen LogP contribution in [-0.4, -0.2) is 62.7 Å². The van der Waals surface area contributed by atoms with Crippen LogP contribution in [0, 0.1) is 11.3 Å². The number of nitrogens with one attached hydrogen (secondary N) is 1. The van der Waals surface area contributed by atoms with Crippen LogP contribution >= 0.6 is 0 Å². The Bertz CT molecular complexity index is 807. The summed E-state index contributed by atoms with van der Waals surface area (Å²) in [5.41, 5.74) is -1.36. The van der Waals surface area contributed by atoms with Gasteiger partial charge in [0.25, 0.3) is 0 Å². The van der Waals surface area contributed by atoms with E-state index in [1.165, 1.54) is 13.2 Å². The highest BCUT2D eigenvalue weighted by atomic mass is 19.4. The Labute approximate surface area is 173 Å². The van der Waals surface area contributed by atoms with E-state index in [2.05, 4.69) is 5.32 Å². The second kappa shape index (κ2) is 10.3. The Balaban J connectivity index is 2.35. The average Bonchev–Trinajstić information content (AvgIpc) is 2.72. The summed E-state index contributed by atoms with van der Waals surface area (Å²) in [5, 5.41) is 11.7. The first-order valence-corrected chi connectivity index (χ1v) is 9.65. The van der Waals surface area contributed by atoms with Crippen molar-refractivity contribution in [2.45, 2.75) is 32.0 Å². The van der Waals surface area contributed by atoms with E-state index in [1.54, 1.807) is 15.9 Å². The number of amides is 2. The molecular weight excluding hydrogens is 401 g/mol. The predicted octanol–water partition coefficient (Wildman–Crippen LogP) is 2.16. The van der Waals surface area contributed by atoms with Crippen LogP contribution in [0.25, 0.3) is 0 Å². The molecule has 1 heterocycles. The zero-order chi connectivity index (χ0) is 22.3. The van der Waals surface area contributed by atoms with Crippen LogP contribution in [0.3, 0.4) is 0 Å². The summed E-state index contributed by atoms with van der Waals surface area (Å²) in [7, 11) is 1.49. The van der Waals surface area contributed by atoms with Gasteiger partial charge in [0.05, 0.1) is 30.3 Å². The number of halogens is 3. The number of carbonyl (C=O) groups is 2. The highest BCUT2D eigenvalue weighted by molar-refractivity contribution is 5.87. The number of alkyl halides is 3. The van der Waals surface area contributed by atoms with Crippen molar-refractivity contribution in [2.24, 2.45) is 0 Å². The minimum Gasteiger partial charge on any atom is -0.383 e. The molecule has 0 aromatic heterocycles. The van der Waals surface area contributed by atoms with Gasteiger partial charge in [-0.15, -0.1) is 0 Å².